The average molecular weight is 350 g/mol. The van der Waals surface area contributed by atoms with Crippen LogP contribution in [0.1, 0.15) is 31.2 Å². The number of carbonyl (C=O) groups is 2. The molecule has 0 aromatic heterocycles. The molecule has 1 fully saturated rings. The molecule has 0 atom stereocenters. The van der Waals surface area contributed by atoms with E-state index in [9.17, 15) is 9.59 Å². The molecule has 1 aliphatic carbocycles. The first-order valence-corrected chi connectivity index (χ1v) is 8.52. The van der Waals surface area contributed by atoms with Gasteiger partial charge in [0.2, 0.25) is 0 Å². The van der Waals surface area contributed by atoms with Crippen LogP contribution >= 0.6 is 0 Å². The second kappa shape index (κ2) is 9.27. The topological polar surface area (TPSA) is 96.9 Å². The van der Waals surface area contributed by atoms with Crippen LogP contribution in [0.3, 0.4) is 0 Å². The highest BCUT2D eigenvalue weighted by Gasteiger charge is 2.26. The largest absolute Gasteiger partial charge is 0.491 e. The Hall–Kier alpha value is -2.28. The lowest BCUT2D eigenvalue weighted by Gasteiger charge is -2.27. The Labute approximate surface area is 147 Å². The molecule has 138 valence electrons. The van der Waals surface area contributed by atoms with Crippen molar-refractivity contribution in [1.82, 2.24) is 5.32 Å². The van der Waals surface area contributed by atoms with E-state index in [1.165, 1.54) is 0 Å². The van der Waals surface area contributed by atoms with E-state index in [0.717, 1.165) is 17.0 Å². The molecule has 1 saturated carbocycles. The fraction of sp³-hybridized carbons (Fsp3) is 0.556. The number of aryl methyl sites for hydroxylation is 1. The van der Waals surface area contributed by atoms with Gasteiger partial charge in [0.1, 0.15) is 12.4 Å². The van der Waals surface area contributed by atoms with Crippen LogP contribution in [0.4, 0.5) is 10.5 Å². The van der Waals surface area contributed by atoms with Crippen molar-refractivity contribution in [3.8, 4) is 5.75 Å². The summed E-state index contributed by atoms with van der Waals surface area (Å²) >= 11 is 0. The van der Waals surface area contributed by atoms with E-state index in [1.807, 2.05) is 13.0 Å². The summed E-state index contributed by atoms with van der Waals surface area (Å²) in [6.45, 7) is 2.89. The van der Waals surface area contributed by atoms with Gasteiger partial charge in [0.15, 0.2) is 0 Å². The van der Waals surface area contributed by atoms with Crippen LogP contribution < -0.4 is 15.4 Å². The van der Waals surface area contributed by atoms with E-state index in [2.05, 4.69) is 10.6 Å². The molecule has 3 N–H and O–H groups in total. The number of urea groups is 1. The maximum absolute atomic E-state index is 12.2. The summed E-state index contributed by atoms with van der Waals surface area (Å²) in [7, 11) is 1.62. The highest BCUT2D eigenvalue weighted by Crippen LogP contribution is 2.25. The molecule has 2 amide bonds. The van der Waals surface area contributed by atoms with Crippen molar-refractivity contribution in [2.75, 3.05) is 25.6 Å². The lowest BCUT2D eigenvalue weighted by atomic mass is 9.86. The first-order valence-electron chi connectivity index (χ1n) is 8.52. The van der Waals surface area contributed by atoms with E-state index in [0.29, 0.717) is 38.9 Å². The number of anilines is 1. The predicted molar refractivity (Wildman–Crippen MR) is 94.1 cm³/mol. The van der Waals surface area contributed by atoms with Crippen LogP contribution in [0.5, 0.6) is 5.75 Å². The van der Waals surface area contributed by atoms with Crippen molar-refractivity contribution in [2.24, 2.45) is 5.92 Å². The zero-order valence-electron chi connectivity index (χ0n) is 14.7. The Bertz CT molecular complexity index is 597. The summed E-state index contributed by atoms with van der Waals surface area (Å²) in [5.41, 5.74) is 1.62. The molecule has 1 aliphatic rings. The molecule has 0 unspecified atom stereocenters. The number of hydrogen-bond acceptors (Lipinski definition) is 4. The second-order valence-electron chi connectivity index (χ2n) is 6.30. The highest BCUT2D eigenvalue weighted by molar-refractivity contribution is 5.90. The van der Waals surface area contributed by atoms with Crippen molar-refractivity contribution in [3.05, 3.63) is 23.8 Å². The van der Waals surface area contributed by atoms with Gasteiger partial charge in [-0.2, -0.15) is 0 Å². The van der Waals surface area contributed by atoms with Gasteiger partial charge in [0, 0.05) is 18.8 Å². The SMILES string of the molecule is COCCOc1ccc(NC(=O)NC2CCC(C(=O)O)CC2)c(C)c1. The normalized spacial score (nSPS) is 19.9. The number of carbonyl (C=O) groups excluding carboxylic acids is 1. The molecule has 0 saturated heterocycles. The van der Waals surface area contributed by atoms with Gasteiger partial charge in [-0.3, -0.25) is 4.79 Å². The molecule has 0 spiro atoms. The van der Waals surface area contributed by atoms with Crippen LogP contribution in [-0.2, 0) is 9.53 Å². The number of nitrogens with one attached hydrogen (secondary N) is 2. The molecule has 7 nitrogen and oxygen atoms in total. The number of benzene rings is 1. The second-order valence-corrected chi connectivity index (χ2v) is 6.30. The molecule has 25 heavy (non-hydrogen) atoms. The van der Waals surface area contributed by atoms with Gasteiger partial charge in [-0.25, -0.2) is 4.79 Å². The third-order valence-electron chi connectivity index (χ3n) is 4.41. The van der Waals surface area contributed by atoms with E-state index in [4.69, 9.17) is 14.6 Å². The van der Waals surface area contributed by atoms with Crippen molar-refractivity contribution in [2.45, 2.75) is 38.6 Å². The quantitative estimate of drug-likeness (QED) is 0.657. The molecule has 2 rings (SSSR count). The fourth-order valence-electron chi connectivity index (χ4n) is 2.94. The van der Waals surface area contributed by atoms with Crippen molar-refractivity contribution >= 4 is 17.7 Å². The lowest BCUT2D eigenvalue weighted by Crippen LogP contribution is -2.41. The zero-order chi connectivity index (χ0) is 18.2. The summed E-state index contributed by atoms with van der Waals surface area (Å²) in [6.07, 6.45) is 2.59. The molecular weight excluding hydrogens is 324 g/mol. The van der Waals surface area contributed by atoms with E-state index in [-0.39, 0.29) is 18.0 Å². The smallest absolute Gasteiger partial charge is 0.319 e. The van der Waals surface area contributed by atoms with Gasteiger partial charge < -0.3 is 25.2 Å². The van der Waals surface area contributed by atoms with Crippen molar-refractivity contribution < 1.29 is 24.2 Å². The number of rotatable bonds is 7. The molecule has 1 aromatic rings. The lowest BCUT2D eigenvalue weighted by molar-refractivity contribution is -0.142. The van der Waals surface area contributed by atoms with Crippen molar-refractivity contribution in [3.63, 3.8) is 0 Å². The van der Waals surface area contributed by atoms with Gasteiger partial charge >= 0.3 is 12.0 Å². The maximum atomic E-state index is 12.2. The van der Waals surface area contributed by atoms with Crippen LogP contribution in [0.2, 0.25) is 0 Å². The van der Waals surface area contributed by atoms with Gasteiger partial charge in [-0.05, 0) is 56.4 Å². The first kappa shape index (κ1) is 19.1. The number of methoxy groups -OCH3 is 1. The van der Waals surface area contributed by atoms with Gasteiger partial charge in [-0.1, -0.05) is 0 Å². The molecule has 1 aromatic carbocycles. The monoisotopic (exact) mass is 350 g/mol. The minimum atomic E-state index is -0.744. The Morgan fingerprint density at radius 3 is 2.52 bits per heavy atom. The summed E-state index contributed by atoms with van der Waals surface area (Å²) in [5, 5.41) is 14.8. The number of aliphatic carboxylic acids is 1. The van der Waals surface area contributed by atoms with Crippen molar-refractivity contribution in [1.29, 1.82) is 0 Å². The molecule has 0 bridgehead atoms. The van der Waals surface area contributed by atoms with Crippen LogP contribution in [0.15, 0.2) is 18.2 Å². The van der Waals surface area contributed by atoms with E-state index >= 15 is 0 Å². The van der Waals surface area contributed by atoms with E-state index < -0.39 is 5.97 Å². The molecule has 0 radical (unpaired) electrons. The zero-order valence-corrected chi connectivity index (χ0v) is 14.7. The Morgan fingerprint density at radius 2 is 1.92 bits per heavy atom. The summed E-state index contributed by atoms with van der Waals surface area (Å²) in [6, 6.07) is 5.22. The highest BCUT2D eigenvalue weighted by atomic mass is 16.5. The van der Waals surface area contributed by atoms with E-state index in [1.54, 1.807) is 19.2 Å². The Morgan fingerprint density at radius 1 is 1.20 bits per heavy atom. The maximum Gasteiger partial charge on any atom is 0.319 e. The van der Waals surface area contributed by atoms with Gasteiger partial charge in [-0.15, -0.1) is 0 Å². The Balaban J connectivity index is 1.81. The number of hydrogen-bond donors (Lipinski definition) is 3. The average Bonchev–Trinajstić information content (AvgIpc) is 2.58. The summed E-state index contributed by atoms with van der Waals surface area (Å²) in [4.78, 5) is 23.1. The number of carboxylic acid groups (broad SMARTS) is 1. The minimum absolute atomic E-state index is 0.0209. The van der Waals surface area contributed by atoms with Gasteiger partial charge in [0.05, 0.1) is 12.5 Å². The van der Waals surface area contributed by atoms with Crippen LogP contribution in [0.25, 0.3) is 0 Å². The molecular formula is C18H26N2O5. The fourth-order valence-corrected chi connectivity index (χ4v) is 2.94. The van der Waals surface area contributed by atoms with Crippen LogP contribution in [0, 0.1) is 12.8 Å². The van der Waals surface area contributed by atoms with Gasteiger partial charge in [0.25, 0.3) is 0 Å². The van der Waals surface area contributed by atoms with Crippen LogP contribution in [-0.4, -0.2) is 43.5 Å². The predicted octanol–water partition coefficient (Wildman–Crippen LogP) is 2.79. The summed E-state index contributed by atoms with van der Waals surface area (Å²) in [5.74, 6) is -0.298. The summed E-state index contributed by atoms with van der Waals surface area (Å²) < 4.78 is 10.5. The molecule has 0 aliphatic heterocycles. The third kappa shape index (κ3) is 5.94. The number of amides is 2. The minimum Gasteiger partial charge on any atom is -0.491 e. The third-order valence-corrected chi connectivity index (χ3v) is 4.41. The molecule has 0 heterocycles. The standard InChI is InChI=1S/C18H26N2O5/c1-12-11-15(25-10-9-24-2)7-8-16(12)20-18(23)19-14-5-3-13(4-6-14)17(21)22/h7-8,11,13-14H,3-6,9-10H2,1-2H3,(H,21,22)(H2,19,20,23). The first-order chi connectivity index (χ1) is 12.0. The molecule has 7 heteroatoms. The number of carboxylic acids is 1. The number of ether oxygens (including phenoxy) is 2. The Kier molecular flexibility index (Phi) is 7.06.